The Labute approximate surface area is 105 Å². The standard InChI is InChI=1S/C11H7ClN2O4/c12-6-1-3-7(4-2-6)14-9(15)5-8(10(16)17)13-11(14)18/h1-5H,(H,13,18)(H,16,17). The van der Waals surface area contributed by atoms with Crippen LogP contribution in [-0.2, 0) is 0 Å². The second kappa shape index (κ2) is 4.50. The van der Waals surface area contributed by atoms with Crippen molar-refractivity contribution in [3.63, 3.8) is 0 Å². The van der Waals surface area contributed by atoms with E-state index in [0.717, 1.165) is 10.6 Å². The van der Waals surface area contributed by atoms with E-state index in [9.17, 15) is 14.4 Å². The lowest BCUT2D eigenvalue weighted by Crippen LogP contribution is -2.34. The van der Waals surface area contributed by atoms with E-state index in [2.05, 4.69) is 4.98 Å². The Bertz CT molecular complexity index is 684. The fraction of sp³-hybridized carbons (Fsp3) is 0. The fourth-order valence-corrected chi connectivity index (χ4v) is 1.57. The summed E-state index contributed by atoms with van der Waals surface area (Å²) in [4.78, 5) is 36.1. The Morgan fingerprint density at radius 1 is 1.22 bits per heavy atom. The number of carbonyl (C=O) groups is 1. The molecular weight excluding hydrogens is 260 g/mol. The van der Waals surface area contributed by atoms with Crippen LogP contribution >= 0.6 is 11.6 Å². The third-order valence-corrected chi connectivity index (χ3v) is 2.50. The van der Waals surface area contributed by atoms with Crippen LogP contribution in [0.4, 0.5) is 0 Å². The van der Waals surface area contributed by atoms with E-state index in [4.69, 9.17) is 16.7 Å². The summed E-state index contributed by atoms with van der Waals surface area (Å²) in [6.07, 6.45) is 0. The van der Waals surface area contributed by atoms with Crippen LogP contribution in [0.1, 0.15) is 10.5 Å². The van der Waals surface area contributed by atoms with Gasteiger partial charge in [-0.15, -0.1) is 0 Å². The minimum atomic E-state index is -1.37. The highest BCUT2D eigenvalue weighted by atomic mass is 35.5. The number of hydrogen-bond acceptors (Lipinski definition) is 3. The van der Waals surface area contributed by atoms with E-state index in [1.54, 1.807) is 0 Å². The van der Waals surface area contributed by atoms with E-state index in [-0.39, 0.29) is 0 Å². The molecule has 18 heavy (non-hydrogen) atoms. The SMILES string of the molecule is O=C(O)c1cc(=O)n(-c2ccc(Cl)cc2)c(=O)[nH]1. The van der Waals surface area contributed by atoms with Crippen LogP contribution in [-0.4, -0.2) is 20.6 Å². The second-order valence-corrected chi connectivity index (χ2v) is 3.88. The molecule has 1 aromatic heterocycles. The first kappa shape index (κ1) is 12.1. The van der Waals surface area contributed by atoms with Crippen molar-refractivity contribution in [2.75, 3.05) is 0 Å². The van der Waals surface area contributed by atoms with Gasteiger partial charge in [0.2, 0.25) is 0 Å². The van der Waals surface area contributed by atoms with Crippen molar-refractivity contribution < 1.29 is 9.90 Å². The van der Waals surface area contributed by atoms with Crippen LogP contribution in [0.5, 0.6) is 0 Å². The molecule has 2 aromatic rings. The van der Waals surface area contributed by atoms with Crippen molar-refractivity contribution >= 4 is 17.6 Å². The first-order valence-electron chi connectivity index (χ1n) is 4.84. The van der Waals surface area contributed by atoms with Crippen LogP contribution in [0.3, 0.4) is 0 Å². The van der Waals surface area contributed by atoms with Crippen LogP contribution in [0, 0.1) is 0 Å². The average Bonchev–Trinajstić information content (AvgIpc) is 2.30. The third-order valence-electron chi connectivity index (χ3n) is 2.25. The minimum absolute atomic E-state index is 0.308. The summed E-state index contributed by atoms with van der Waals surface area (Å²) in [6.45, 7) is 0. The summed E-state index contributed by atoms with van der Waals surface area (Å²) < 4.78 is 0.822. The van der Waals surface area contributed by atoms with Crippen LogP contribution in [0.25, 0.3) is 5.69 Å². The molecule has 0 bridgehead atoms. The van der Waals surface area contributed by atoms with E-state index >= 15 is 0 Å². The number of aromatic amines is 1. The van der Waals surface area contributed by atoms with E-state index in [1.807, 2.05) is 0 Å². The molecule has 0 amide bonds. The highest BCUT2D eigenvalue weighted by molar-refractivity contribution is 6.30. The van der Waals surface area contributed by atoms with Gasteiger partial charge in [-0.1, -0.05) is 11.6 Å². The molecule has 6 nitrogen and oxygen atoms in total. The van der Waals surface area contributed by atoms with Crippen LogP contribution < -0.4 is 11.2 Å². The topological polar surface area (TPSA) is 92.2 Å². The van der Waals surface area contributed by atoms with E-state index < -0.39 is 22.9 Å². The van der Waals surface area contributed by atoms with Gasteiger partial charge in [-0.3, -0.25) is 4.79 Å². The van der Waals surface area contributed by atoms with Gasteiger partial charge in [0.15, 0.2) is 0 Å². The predicted molar refractivity (Wildman–Crippen MR) is 64.6 cm³/mol. The fourth-order valence-electron chi connectivity index (χ4n) is 1.45. The maximum atomic E-state index is 11.7. The number of carboxylic acid groups (broad SMARTS) is 1. The molecule has 7 heteroatoms. The largest absolute Gasteiger partial charge is 0.477 e. The molecule has 0 radical (unpaired) electrons. The van der Waals surface area contributed by atoms with Crippen molar-refractivity contribution in [3.8, 4) is 5.69 Å². The zero-order valence-corrected chi connectivity index (χ0v) is 9.64. The Kier molecular flexibility index (Phi) is 3.03. The van der Waals surface area contributed by atoms with Gasteiger partial charge in [-0.05, 0) is 24.3 Å². The van der Waals surface area contributed by atoms with Crippen LogP contribution in [0.2, 0.25) is 5.02 Å². The Morgan fingerprint density at radius 2 is 1.83 bits per heavy atom. The molecule has 0 atom stereocenters. The summed E-state index contributed by atoms with van der Waals surface area (Å²) in [5, 5.41) is 9.16. The lowest BCUT2D eigenvalue weighted by molar-refractivity contribution is 0.0689. The molecule has 0 aliphatic rings. The second-order valence-electron chi connectivity index (χ2n) is 3.44. The van der Waals surface area contributed by atoms with Gasteiger partial charge in [0, 0.05) is 11.1 Å². The normalized spacial score (nSPS) is 10.3. The first-order chi connectivity index (χ1) is 8.49. The van der Waals surface area contributed by atoms with Gasteiger partial charge in [0.1, 0.15) is 5.69 Å². The predicted octanol–water partition coefficient (Wildman–Crippen LogP) is 0.877. The molecule has 1 heterocycles. The number of H-pyrrole nitrogens is 1. The smallest absolute Gasteiger partial charge is 0.352 e. The van der Waals surface area contributed by atoms with Gasteiger partial charge in [-0.25, -0.2) is 14.2 Å². The Morgan fingerprint density at radius 3 is 2.33 bits per heavy atom. The molecule has 0 fully saturated rings. The maximum Gasteiger partial charge on any atom is 0.352 e. The van der Waals surface area contributed by atoms with Crippen molar-refractivity contribution in [3.05, 3.63) is 61.9 Å². The molecular formula is C11H7ClN2O4. The van der Waals surface area contributed by atoms with Crippen molar-refractivity contribution in [2.24, 2.45) is 0 Å². The number of halogens is 1. The summed E-state index contributed by atoms with van der Waals surface area (Å²) >= 11 is 5.69. The minimum Gasteiger partial charge on any atom is -0.477 e. The lowest BCUT2D eigenvalue weighted by atomic mass is 10.3. The molecule has 1 aromatic carbocycles. The number of nitrogens with one attached hydrogen (secondary N) is 1. The third kappa shape index (κ3) is 2.18. The van der Waals surface area contributed by atoms with E-state index in [1.165, 1.54) is 24.3 Å². The monoisotopic (exact) mass is 266 g/mol. The number of hydrogen-bond donors (Lipinski definition) is 2. The molecule has 0 unspecified atom stereocenters. The zero-order valence-electron chi connectivity index (χ0n) is 8.88. The highest BCUT2D eigenvalue weighted by Crippen LogP contribution is 2.10. The Balaban J connectivity index is 2.66. The Hall–Kier alpha value is -2.34. The molecule has 0 saturated heterocycles. The molecule has 92 valence electrons. The quantitative estimate of drug-likeness (QED) is 0.844. The lowest BCUT2D eigenvalue weighted by Gasteiger charge is -2.04. The maximum absolute atomic E-state index is 11.7. The molecule has 2 N–H and O–H groups in total. The number of carboxylic acids is 1. The van der Waals surface area contributed by atoms with Gasteiger partial charge in [0.25, 0.3) is 5.56 Å². The summed E-state index contributed by atoms with van der Waals surface area (Å²) in [5.41, 5.74) is -1.68. The van der Waals surface area contributed by atoms with Crippen molar-refractivity contribution in [2.45, 2.75) is 0 Å². The van der Waals surface area contributed by atoms with E-state index in [0.29, 0.717) is 10.7 Å². The average molecular weight is 267 g/mol. The summed E-state index contributed by atoms with van der Waals surface area (Å²) in [7, 11) is 0. The van der Waals surface area contributed by atoms with Gasteiger partial charge >= 0.3 is 11.7 Å². The van der Waals surface area contributed by atoms with Gasteiger partial charge in [0.05, 0.1) is 5.69 Å². The van der Waals surface area contributed by atoms with Gasteiger partial charge in [-0.2, -0.15) is 0 Å². The molecule has 0 aliphatic carbocycles. The number of nitrogens with zero attached hydrogens (tertiary/aromatic N) is 1. The number of aromatic carboxylic acids is 1. The first-order valence-corrected chi connectivity index (χ1v) is 5.22. The van der Waals surface area contributed by atoms with Gasteiger partial charge < -0.3 is 10.1 Å². The molecule has 0 saturated carbocycles. The number of aromatic nitrogens is 2. The van der Waals surface area contributed by atoms with Crippen LogP contribution in [0.15, 0.2) is 39.9 Å². The zero-order chi connectivity index (χ0) is 13.3. The number of benzene rings is 1. The van der Waals surface area contributed by atoms with Crippen molar-refractivity contribution in [1.29, 1.82) is 0 Å². The summed E-state index contributed by atoms with van der Waals surface area (Å²) in [6, 6.07) is 6.86. The van der Waals surface area contributed by atoms with Crippen molar-refractivity contribution in [1.82, 2.24) is 9.55 Å². The molecule has 0 aliphatic heterocycles. The highest BCUT2D eigenvalue weighted by Gasteiger charge is 2.10. The summed E-state index contributed by atoms with van der Waals surface area (Å²) in [5.74, 6) is -1.37. The molecule has 2 rings (SSSR count). The molecule has 0 spiro atoms. The number of rotatable bonds is 2.